The topological polar surface area (TPSA) is 49.6 Å². The second-order valence-electron chi connectivity index (χ2n) is 12.2. The molecule has 0 aliphatic heterocycles. The zero-order valence-corrected chi connectivity index (χ0v) is 23.6. The van der Waals surface area contributed by atoms with Gasteiger partial charge in [0.15, 0.2) is 5.82 Å². The van der Waals surface area contributed by atoms with Crippen LogP contribution in [0.1, 0.15) is 146 Å². The molecule has 2 saturated carbocycles. The number of nitriles is 1. The molecule has 3 nitrogen and oxygen atoms in total. The first-order valence-corrected chi connectivity index (χ1v) is 15.5. The van der Waals surface area contributed by atoms with Gasteiger partial charge in [-0.1, -0.05) is 89.5 Å². The van der Waals surface area contributed by atoms with Crippen LogP contribution in [0.4, 0.5) is 0 Å². The Morgan fingerprint density at radius 3 is 2.00 bits per heavy atom. The Morgan fingerprint density at radius 2 is 1.38 bits per heavy atom. The number of rotatable bonds is 12. The predicted molar refractivity (Wildman–Crippen MR) is 154 cm³/mol. The summed E-state index contributed by atoms with van der Waals surface area (Å²) in [6.07, 6.45) is 25.6. The third-order valence-corrected chi connectivity index (χ3v) is 9.53. The first-order valence-electron chi connectivity index (χ1n) is 15.5. The molecule has 2 fully saturated rings. The average Bonchev–Trinajstić information content (AvgIpc) is 2.96. The summed E-state index contributed by atoms with van der Waals surface area (Å²) in [6, 6.07) is 11.6. The van der Waals surface area contributed by atoms with E-state index in [1.165, 1.54) is 88.2 Å². The summed E-state index contributed by atoms with van der Waals surface area (Å²) in [7, 11) is 0. The first kappa shape index (κ1) is 27.8. The van der Waals surface area contributed by atoms with E-state index in [1.54, 1.807) is 0 Å². The molecule has 0 unspecified atom stereocenters. The molecule has 0 radical (unpaired) electrons. The van der Waals surface area contributed by atoms with Gasteiger partial charge in [-0.2, -0.15) is 5.26 Å². The Balaban J connectivity index is 1.26. The van der Waals surface area contributed by atoms with Crippen molar-refractivity contribution in [2.75, 3.05) is 0 Å². The number of unbranched alkanes of at least 4 members (excludes halogenated alkanes) is 5. The van der Waals surface area contributed by atoms with E-state index < -0.39 is 0 Å². The SMILES string of the molecule is CCCCCC[C@H]1CC[C@H](c2cnc(-c3ccc([C@H]4CC[C@@](C#N)(CCCCC)CC4)cc3)nc2)CC1. The third kappa shape index (κ3) is 7.66. The lowest BCUT2D eigenvalue weighted by atomic mass is 9.67. The molecule has 2 aliphatic carbocycles. The van der Waals surface area contributed by atoms with E-state index in [4.69, 9.17) is 9.97 Å². The second kappa shape index (κ2) is 14.1. The van der Waals surface area contributed by atoms with E-state index in [0.717, 1.165) is 49.4 Å². The van der Waals surface area contributed by atoms with Crippen LogP contribution in [0.2, 0.25) is 0 Å². The second-order valence-corrected chi connectivity index (χ2v) is 12.2. The van der Waals surface area contributed by atoms with Crippen LogP contribution < -0.4 is 0 Å². The van der Waals surface area contributed by atoms with Gasteiger partial charge in [-0.3, -0.25) is 0 Å². The fourth-order valence-electron chi connectivity index (χ4n) is 6.88. The number of hydrogen-bond donors (Lipinski definition) is 0. The number of hydrogen-bond acceptors (Lipinski definition) is 3. The van der Waals surface area contributed by atoms with Gasteiger partial charge in [-0.05, 0) is 86.7 Å². The summed E-state index contributed by atoms with van der Waals surface area (Å²) in [5, 5.41) is 9.86. The molecule has 0 spiro atoms. The fourth-order valence-corrected chi connectivity index (χ4v) is 6.88. The molecule has 0 N–H and O–H groups in total. The highest BCUT2D eigenvalue weighted by atomic mass is 14.9. The molecule has 0 bridgehead atoms. The van der Waals surface area contributed by atoms with Crippen molar-refractivity contribution < 1.29 is 0 Å². The summed E-state index contributed by atoms with van der Waals surface area (Å²) < 4.78 is 0. The van der Waals surface area contributed by atoms with Crippen LogP contribution >= 0.6 is 0 Å². The lowest BCUT2D eigenvalue weighted by Crippen LogP contribution is -2.25. The van der Waals surface area contributed by atoms with Gasteiger partial charge in [0.2, 0.25) is 0 Å². The lowest BCUT2D eigenvalue weighted by Gasteiger charge is -2.35. The van der Waals surface area contributed by atoms with Crippen molar-refractivity contribution >= 4 is 0 Å². The molecule has 37 heavy (non-hydrogen) atoms. The Bertz CT molecular complexity index is 956. The number of nitrogens with zero attached hydrogens (tertiary/aromatic N) is 3. The van der Waals surface area contributed by atoms with Gasteiger partial charge in [0.1, 0.15) is 0 Å². The van der Waals surface area contributed by atoms with Crippen molar-refractivity contribution in [1.29, 1.82) is 5.26 Å². The molecular weight excluding hydrogens is 450 g/mol. The highest BCUT2D eigenvalue weighted by Gasteiger charge is 2.35. The minimum Gasteiger partial charge on any atom is -0.236 e. The molecule has 0 atom stereocenters. The molecule has 2 aliphatic rings. The minimum atomic E-state index is -0.0743. The fraction of sp³-hybridized carbons (Fsp3) is 0.676. The Hall–Kier alpha value is -2.21. The molecular formula is C34H49N3. The largest absolute Gasteiger partial charge is 0.236 e. The zero-order valence-electron chi connectivity index (χ0n) is 23.6. The predicted octanol–water partition coefficient (Wildman–Crippen LogP) is 10.1. The van der Waals surface area contributed by atoms with Crippen molar-refractivity contribution in [3.05, 3.63) is 47.8 Å². The molecule has 2 aromatic rings. The molecule has 1 aromatic heterocycles. The van der Waals surface area contributed by atoms with Gasteiger partial charge >= 0.3 is 0 Å². The molecule has 200 valence electrons. The van der Waals surface area contributed by atoms with Crippen LogP contribution in [0.25, 0.3) is 11.4 Å². The van der Waals surface area contributed by atoms with E-state index in [0.29, 0.717) is 11.8 Å². The van der Waals surface area contributed by atoms with Crippen LogP contribution in [0.5, 0.6) is 0 Å². The van der Waals surface area contributed by atoms with Crippen molar-refractivity contribution in [3.8, 4) is 17.5 Å². The maximum atomic E-state index is 9.86. The first-order chi connectivity index (χ1) is 18.2. The maximum Gasteiger partial charge on any atom is 0.159 e. The standard InChI is InChI=1S/C34H49N3/c1-3-5-7-8-10-27-11-13-29(14-12-27)32-24-36-33(37-25-32)31-17-15-28(16-18-31)30-19-22-34(26-35,23-20-30)21-9-6-4-2/h15-18,24-25,27,29-30H,3-14,19-23H2,1-2H3/t27-,29-,30-,34-. The molecule has 1 heterocycles. The Kier molecular flexibility index (Phi) is 10.6. The van der Waals surface area contributed by atoms with Crippen molar-refractivity contribution in [2.45, 2.75) is 135 Å². The van der Waals surface area contributed by atoms with Crippen LogP contribution in [-0.4, -0.2) is 9.97 Å². The molecule has 4 rings (SSSR count). The summed E-state index contributed by atoms with van der Waals surface area (Å²) >= 11 is 0. The zero-order chi connectivity index (χ0) is 25.9. The van der Waals surface area contributed by atoms with E-state index in [1.807, 2.05) is 0 Å². The smallest absolute Gasteiger partial charge is 0.159 e. The van der Waals surface area contributed by atoms with Crippen molar-refractivity contribution in [3.63, 3.8) is 0 Å². The molecule has 1 aromatic carbocycles. The molecule has 3 heteroatoms. The number of aromatic nitrogens is 2. The lowest BCUT2D eigenvalue weighted by molar-refractivity contribution is 0.223. The monoisotopic (exact) mass is 499 g/mol. The maximum absolute atomic E-state index is 9.86. The summed E-state index contributed by atoms with van der Waals surface area (Å²) in [6.45, 7) is 4.53. The highest BCUT2D eigenvalue weighted by Crippen LogP contribution is 2.46. The van der Waals surface area contributed by atoms with Gasteiger partial charge in [0.05, 0.1) is 11.5 Å². The average molecular weight is 500 g/mol. The Labute approximate surface area is 226 Å². The summed E-state index contributed by atoms with van der Waals surface area (Å²) in [5.41, 5.74) is 3.77. The van der Waals surface area contributed by atoms with E-state index >= 15 is 0 Å². The molecule has 0 amide bonds. The Morgan fingerprint density at radius 1 is 0.757 bits per heavy atom. The van der Waals surface area contributed by atoms with Gasteiger partial charge < -0.3 is 0 Å². The third-order valence-electron chi connectivity index (χ3n) is 9.53. The van der Waals surface area contributed by atoms with Crippen LogP contribution in [0.15, 0.2) is 36.7 Å². The van der Waals surface area contributed by atoms with Gasteiger partial charge in [0.25, 0.3) is 0 Å². The van der Waals surface area contributed by atoms with Gasteiger partial charge in [-0.25, -0.2) is 9.97 Å². The quantitative estimate of drug-likeness (QED) is 0.273. The van der Waals surface area contributed by atoms with Crippen molar-refractivity contribution in [2.24, 2.45) is 11.3 Å². The normalized spacial score (nSPS) is 26.0. The van der Waals surface area contributed by atoms with Crippen LogP contribution in [0.3, 0.4) is 0 Å². The summed E-state index contributed by atoms with van der Waals surface area (Å²) in [4.78, 5) is 9.55. The van der Waals surface area contributed by atoms with Gasteiger partial charge in [-0.15, -0.1) is 0 Å². The van der Waals surface area contributed by atoms with Crippen LogP contribution in [0, 0.1) is 22.7 Å². The number of benzene rings is 1. The van der Waals surface area contributed by atoms with E-state index in [-0.39, 0.29) is 5.41 Å². The van der Waals surface area contributed by atoms with E-state index in [9.17, 15) is 5.26 Å². The highest BCUT2D eigenvalue weighted by molar-refractivity contribution is 5.55. The minimum absolute atomic E-state index is 0.0743. The van der Waals surface area contributed by atoms with E-state index in [2.05, 4.69) is 56.6 Å². The molecule has 0 saturated heterocycles. The summed E-state index contributed by atoms with van der Waals surface area (Å²) in [5.74, 6) is 2.99. The van der Waals surface area contributed by atoms with Gasteiger partial charge in [0, 0.05) is 18.0 Å². The van der Waals surface area contributed by atoms with Crippen molar-refractivity contribution in [1.82, 2.24) is 9.97 Å². The van der Waals surface area contributed by atoms with Crippen LogP contribution in [-0.2, 0) is 0 Å².